The van der Waals surface area contributed by atoms with Crippen molar-refractivity contribution in [3.8, 4) is 6.07 Å². The van der Waals surface area contributed by atoms with Crippen molar-refractivity contribution in [2.75, 3.05) is 30.4 Å². The number of benzene rings is 1. The first kappa shape index (κ1) is 22.2. The molecule has 1 aromatic carbocycles. The van der Waals surface area contributed by atoms with Crippen LogP contribution in [0, 0.1) is 34.3 Å². The van der Waals surface area contributed by atoms with Crippen molar-refractivity contribution in [2.45, 2.75) is 26.7 Å². The summed E-state index contributed by atoms with van der Waals surface area (Å²) in [6.45, 7) is 5.20. The van der Waals surface area contributed by atoms with Gasteiger partial charge in [0.05, 0.1) is 17.6 Å². The number of ether oxygens (including phenoxy) is 1. The van der Waals surface area contributed by atoms with Crippen molar-refractivity contribution in [2.24, 2.45) is 5.92 Å². The molecule has 1 fully saturated rings. The highest BCUT2D eigenvalue weighted by Crippen LogP contribution is 2.35. The van der Waals surface area contributed by atoms with Crippen LogP contribution in [0.5, 0.6) is 0 Å². The van der Waals surface area contributed by atoms with Crippen molar-refractivity contribution in [3.63, 3.8) is 0 Å². The van der Waals surface area contributed by atoms with Gasteiger partial charge in [0.2, 0.25) is 0 Å². The van der Waals surface area contributed by atoms with Crippen molar-refractivity contribution in [1.29, 1.82) is 5.26 Å². The average molecular weight is 442 g/mol. The zero-order valence-electron chi connectivity index (χ0n) is 17.4. The molecule has 2 aromatic rings. The van der Waals surface area contributed by atoms with Gasteiger partial charge in [0.1, 0.15) is 21.6 Å². The maximum atomic E-state index is 12.8. The fourth-order valence-electron chi connectivity index (χ4n) is 3.53. The van der Waals surface area contributed by atoms with E-state index in [-0.39, 0.29) is 26.7 Å². The predicted octanol–water partition coefficient (Wildman–Crippen LogP) is 4.11. The molecule has 0 spiro atoms. The van der Waals surface area contributed by atoms with Crippen LogP contribution in [0.2, 0.25) is 0 Å². The number of carbonyl (C=O) groups excluding carboxylic acids is 2. The summed E-state index contributed by atoms with van der Waals surface area (Å²) >= 11 is 0.932. The number of thiophene rings is 1. The van der Waals surface area contributed by atoms with E-state index in [1.165, 1.54) is 19.2 Å². The minimum absolute atomic E-state index is 0.0930. The van der Waals surface area contributed by atoms with Gasteiger partial charge in [-0.15, -0.1) is 11.3 Å². The van der Waals surface area contributed by atoms with E-state index in [1.54, 1.807) is 13.0 Å². The van der Waals surface area contributed by atoms with Crippen LogP contribution < -0.4 is 10.2 Å². The van der Waals surface area contributed by atoms with Crippen LogP contribution in [0.4, 0.5) is 16.4 Å². The summed E-state index contributed by atoms with van der Waals surface area (Å²) in [6, 6.07) is 6.35. The Bertz CT molecular complexity index is 1080. The molecule has 1 aliphatic rings. The minimum atomic E-state index is -0.602. The van der Waals surface area contributed by atoms with E-state index >= 15 is 0 Å². The van der Waals surface area contributed by atoms with Crippen molar-refractivity contribution in [3.05, 3.63) is 49.9 Å². The third kappa shape index (κ3) is 4.51. The number of methoxy groups -OCH3 is 1. The predicted molar refractivity (Wildman–Crippen MR) is 117 cm³/mol. The monoisotopic (exact) mass is 442 g/mol. The van der Waals surface area contributed by atoms with E-state index in [0.717, 1.165) is 37.3 Å². The van der Waals surface area contributed by atoms with Crippen LogP contribution in [0.15, 0.2) is 18.2 Å². The molecular formula is C21H22N4O5S. The van der Waals surface area contributed by atoms with E-state index in [4.69, 9.17) is 4.74 Å². The Balaban J connectivity index is 1.89. The Hall–Kier alpha value is -3.45. The van der Waals surface area contributed by atoms with Crippen LogP contribution in [-0.4, -0.2) is 37.0 Å². The molecule has 0 atom stereocenters. The Kier molecular flexibility index (Phi) is 6.56. The zero-order chi connectivity index (χ0) is 22.7. The molecule has 0 aliphatic carbocycles. The molecule has 1 aromatic heterocycles. The molecule has 1 amide bonds. The zero-order valence-corrected chi connectivity index (χ0v) is 18.2. The number of nitrogens with zero attached hydrogens (tertiary/aromatic N) is 3. The number of anilines is 2. The number of rotatable bonds is 5. The Morgan fingerprint density at radius 1 is 1.35 bits per heavy atom. The lowest BCUT2D eigenvalue weighted by atomic mass is 9.98. The molecule has 0 bridgehead atoms. The van der Waals surface area contributed by atoms with E-state index in [1.807, 2.05) is 11.0 Å². The quantitative estimate of drug-likeness (QED) is 0.419. The minimum Gasteiger partial charge on any atom is -0.465 e. The van der Waals surface area contributed by atoms with E-state index < -0.39 is 16.8 Å². The Morgan fingerprint density at radius 2 is 2.03 bits per heavy atom. The number of hydrogen-bond donors (Lipinski definition) is 1. The fourth-order valence-corrected chi connectivity index (χ4v) is 4.60. The molecule has 9 nitrogen and oxygen atoms in total. The van der Waals surface area contributed by atoms with Gasteiger partial charge in [-0.25, -0.2) is 4.79 Å². The average Bonchev–Trinajstić information content (AvgIpc) is 3.08. The molecule has 1 N–H and O–H groups in total. The van der Waals surface area contributed by atoms with Crippen LogP contribution in [0.1, 0.15) is 50.9 Å². The van der Waals surface area contributed by atoms with Gasteiger partial charge in [0.25, 0.3) is 11.6 Å². The summed E-state index contributed by atoms with van der Waals surface area (Å²) in [4.78, 5) is 38.0. The molecule has 1 saturated heterocycles. The molecule has 31 heavy (non-hydrogen) atoms. The maximum absolute atomic E-state index is 12.8. The smallest absolute Gasteiger partial charge is 0.348 e. The van der Waals surface area contributed by atoms with Crippen LogP contribution in [-0.2, 0) is 4.74 Å². The van der Waals surface area contributed by atoms with Gasteiger partial charge >= 0.3 is 5.97 Å². The molecule has 162 valence electrons. The molecule has 10 heteroatoms. The second kappa shape index (κ2) is 9.14. The highest BCUT2D eigenvalue weighted by atomic mass is 32.1. The molecule has 0 saturated carbocycles. The van der Waals surface area contributed by atoms with Crippen LogP contribution >= 0.6 is 11.3 Å². The van der Waals surface area contributed by atoms with Crippen molar-refractivity contribution < 1.29 is 19.2 Å². The third-order valence-corrected chi connectivity index (χ3v) is 6.60. The van der Waals surface area contributed by atoms with Gasteiger partial charge in [-0.3, -0.25) is 14.9 Å². The fraction of sp³-hybridized carbons (Fsp3) is 0.381. The summed E-state index contributed by atoms with van der Waals surface area (Å²) < 4.78 is 4.71. The number of esters is 1. The van der Waals surface area contributed by atoms with Gasteiger partial charge in [0, 0.05) is 24.7 Å². The Labute approximate surface area is 183 Å². The maximum Gasteiger partial charge on any atom is 0.348 e. The van der Waals surface area contributed by atoms with Crippen molar-refractivity contribution >= 4 is 39.6 Å². The lowest BCUT2D eigenvalue weighted by molar-refractivity contribution is -0.384. The number of nitro groups is 1. The summed E-state index contributed by atoms with van der Waals surface area (Å²) in [7, 11) is 1.23. The number of nitriles is 1. The lowest BCUT2D eigenvalue weighted by Gasteiger charge is -2.31. The van der Waals surface area contributed by atoms with Gasteiger partial charge in [0.15, 0.2) is 0 Å². The molecule has 2 heterocycles. The highest BCUT2D eigenvalue weighted by Gasteiger charge is 2.26. The number of nitro benzene ring substituents is 1. The topological polar surface area (TPSA) is 126 Å². The second-order valence-electron chi connectivity index (χ2n) is 7.45. The standard InChI is InChI=1S/C21H22N4O5S/c1-12-6-8-24(9-7-12)16-5-4-14(10-17(16)25(28)29)19(26)23-20-15(11-22)13(2)18(31-20)21(27)30-3/h4-5,10,12H,6-9H2,1-3H3,(H,23,26). The number of amides is 1. The highest BCUT2D eigenvalue weighted by molar-refractivity contribution is 7.18. The third-order valence-electron chi connectivity index (χ3n) is 5.42. The molecule has 1 aliphatic heterocycles. The first-order chi connectivity index (χ1) is 14.8. The van der Waals surface area contributed by atoms with E-state index in [0.29, 0.717) is 17.2 Å². The summed E-state index contributed by atoms with van der Waals surface area (Å²) in [5.41, 5.74) is 1.02. The van der Waals surface area contributed by atoms with Gasteiger partial charge < -0.3 is 15.0 Å². The van der Waals surface area contributed by atoms with Gasteiger partial charge in [-0.05, 0) is 43.4 Å². The van der Waals surface area contributed by atoms with E-state index in [2.05, 4.69) is 12.2 Å². The number of carbonyl (C=O) groups is 2. The molecule has 0 unspecified atom stereocenters. The summed E-state index contributed by atoms with van der Waals surface area (Å²) in [5.74, 6) is -0.620. The summed E-state index contributed by atoms with van der Waals surface area (Å²) in [5, 5.41) is 23.9. The van der Waals surface area contributed by atoms with Crippen LogP contribution in [0.3, 0.4) is 0 Å². The largest absolute Gasteiger partial charge is 0.465 e. The van der Waals surface area contributed by atoms with Gasteiger partial charge in [-0.1, -0.05) is 6.92 Å². The normalized spacial score (nSPS) is 14.1. The first-order valence-electron chi connectivity index (χ1n) is 9.73. The Morgan fingerprint density at radius 3 is 2.61 bits per heavy atom. The number of hydrogen-bond acceptors (Lipinski definition) is 8. The van der Waals surface area contributed by atoms with Crippen LogP contribution in [0.25, 0.3) is 0 Å². The SMILES string of the molecule is COC(=O)c1sc(NC(=O)c2ccc(N3CCC(C)CC3)c([N+](=O)[O-])c2)c(C#N)c1C. The first-order valence-corrected chi connectivity index (χ1v) is 10.5. The molecular weight excluding hydrogens is 420 g/mol. The van der Waals surface area contributed by atoms with Crippen molar-refractivity contribution in [1.82, 2.24) is 0 Å². The molecule has 0 radical (unpaired) electrons. The lowest BCUT2D eigenvalue weighted by Crippen LogP contribution is -2.33. The second-order valence-corrected chi connectivity index (χ2v) is 8.47. The molecule has 3 rings (SSSR count). The number of nitrogens with one attached hydrogen (secondary N) is 1. The van der Waals surface area contributed by atoms with Gasteiger partial charge in [-0.2, -0.15) is 5.26 Å². The summed E-state index contributed by atoms with van der Waals surface area (Å²) in [6.07, 6.45) is 1.91. The number of piperidine rings is 1. The van der Waals surface area contributed by atoms with E-state index in [9.17, 15) is 25.0 Å².